The van der Waals surface area contributed by atoms with E-state index in [9.17, 15) is 0 Å². The summed E-state index contributed by atoms with van der Waals surface area (Å²) < 4.78 is 5.98. The molecule has 0 aromatic heterocycles. The molecule has 1 N–H and O–H groups in total. The Morgan fingerprint density at radius 2 is 1.88 bits per heavy atom. The largest absolute Gasteiger partial charge is 0.375 e. The monoisotopic (exact) mass is 239 g/mol. The molecule has 2 nitrogen and oxygen atoms in total. The third-order valence-electron chi connectivity index (χ3n) is 4.32. The minimum atomic E-state index is 0.386. The van der Waals surface area contributed by atoms with Crippen LogP contribution in [0.5, 0.6) is 0 Å². The van der Waals surface area contributed by atoms with Crippen molar-refractivity contribution in [1.29, 1.82) is 0 Å². The van der Waals surface area contributed by atoms with Crippen LogP contribution in [-0.4, -0.2) is 24.8 Å². The summed E-state index contributed by atoms with van der Waals surface area (Å²) in [5.41, 5.74) is 0.386. The van der Waals surface area contributed by atoms with Gasteiger partial charge in [0, 0.05) is 6.04 Å². The molecule has 2 fully saturated rings. The molecule has 2 aliphatic rings. The lowest BCUT2D eigenvalue weighted by atomic mass is 9.77. The van der Waals surface area contributed by atoms with Crippen molar-refractivity contribution < 1.29 is 4.74 Å². The van der Waals surface area contributed by atoms with Crippen LogP contribution in [0.25, 0.3) is 0 Å². The number of hydrogen-bond donors (Lipinski definition) is 1. The van der Waals surface area contributed by atoms with Crippen LogP contribution in [0.1, 0.15) is 59.8 Å². The number of hydrogen-bond acceptors (Lipinski definition) is 2. The number of rotatable bonds is 5. The van der Waals surface area contributed by atoms with E-state index in [0.717, 1.165) is 12.0 Å². The van der Waals surface area contributed by atoms with Gasteiger partial charge in [-0.3, -0.25) is 0 Å². The van der Waals surface area contributed by atoms with Crippen LogP contribution < -0.4 is 5.32 Å². The third kappa shape index (κ3) is 4.26. The van der Waals surface area contributed by atoms with Gasteiger partial charge >= 0.3 is 0 Å². The standard InChI is InChI=1S/C15H29NO/c1-11-5-8-14(17-11)9-12(15(2,3)4)10-16-13-6-7-13/h11-14,16H,5-10H2,1-4H3. The van der Waals surface area contributed by atoms with Crippen LogP contribution in [0.3, 0.4) is 0 Å². The minimum absolute atomic E-state index is 0.386. The highest BCUT2D eigenvalue weighted by molar-refractivity contribution is 4.86. The van der Waals surface area contributed by atoms with Crippen LogP contribution in [0.4, 0.5) is 0 Å². The van der Waals surface area contributed by atoms with Crippen LogP contribution in [0.15, 0.2) is 0 Å². The van der Waals surface area contributed by atoms with E-state index < -0.39 is 0 Å². The van der Waals surface area contributed by atoms with E-state index in [0.29, 0.717) is 17.6 Å². The fraction of sp³-hybridized carbons (Fsp3) is 1.00. The zero-order valence-corrected chi connectivity index (χ0v) is 12.0. The van der Waals surface area contributed by atoms with Gasteiger partial charge in [0.1, 0.15) is 0 Å². The zero-order valence-electron chi connectivity index (χ0n) is 12.0. The third-order valence-corrected chi connectivity index (χ3v) is 4.32. The molecule has 0 aromatic carbocycles. The summed E-state index contributed by atoms with van der Waals surface area (Å²) in [6.45, 7) is 10.5. The first kappa shape index (κ1) is 13.4. The van der Waals surface area contributed by atoms with Crippen molar-refractivity contribution in [2.75, 3.05) is 6.54 Å². The second kappa shape index (κ2) is 5.27. The van der Waals surface area contributed by atoms with E-state index in [4.69, 9.17) is 4.74 Å². The molecule has 0 radical (unpaired) electrons. The summed E-state index contributed by atoms with van der Waals surface area (Å²) in [7, 11) is 0. The molecule has 0 spiro atoms. The lowest BCUT2D eigenvalue weighted by Gasteiger charge is -2.33. The maximum atomic E-state index is 5.98. The summed E-state index contributed by atoms with van der Waals surface area (Å²) in [5.74, 6) is 0.735. The Bertz CT molecular complexity index is 242. The van der Waals surface area contributed by atoms with Gasteiger partial charge in [0.05, 0.1) is 12.2 Å². The quantitative estimate of drug-likeness (QED) is 0.794. The maximum absolute atomic E-state index is 5.98. The van der Waals surface area contributed by atoms with Gasteiger partial charge in [-0.2, -0.15) is 0 Å². The Hall–Kier alpha value is -0.0800. The summed E-state index contributed by atoms with van der Waals surface area (Å²) in [6.07, 6.45) is 7.50. The van der Waals surface area contributed by atoms with Crippen LogP contribution in [0.2, 0.25) is 0 Å². The van der Waals surface area contributed by atoms with Crippen molar-refractivity contribution in [1.82, 2.24) is 5.32 Å². The van der Waals surface area contributed by atoms with Crippen molar-refractivity contribution in [2.45, 2.75) is 78.0 Å². The van der Waals surface area contributed by atoms with Crippen molar-refractivity contribution in [3.05, 3.63) is 0 Å². The van der Waals surface area contributed by atoms with Gasteiger partial charge in [-0.1, -0.05) is 20.8 Å². The van der Waals surface area contributed by atoms with Crippen molar-refractivity contribution in [2.24, 2.45) is 11.3 Å². The molecule has 1 saturated heterocycles. The van der Waals surface area contributed by atoms with Gasteiger partial charge in [0.15, 0.2) is 0 Å². The summed E-state index contributed by atoms with van der Waals surface area (Å²) in [4.78, 5) is 0. The van der Waals surface area contributed by atoms with Gasteiger partial charge < -0.3 is 10.1 Å². The first-order valence-electron chi connectivity index (χ1n) is 7.34. The van der Waals surface area contributed by atoms with E-state index in [1.807, 2.05) is 0 Å². The van der Waals surface area contributed by atoms with Crippen LogP contribution in [0, 0.1) is 11.3 Å². The SMILES string of the molecule is CC1CCC(CC(CNC2CC2)C(C)(C)C)O1. The lowest BCUT2D eigenvalue weighted by Crippen LogP contribution is -2.35. The molecule has 1 heterocycles. The van der Waals surface area contributed by atoms with Gasteiger partial charge in [0.2, 0.25) is 0 Å². The molecule has 0 bridgehead atoms. The van der Waals surface area contributed by atoms with Gasteiger partial charge in [-0.25, -0.2) is 0 Å². The Balaban J connectivity index is 1.81. The smallest absolute Gasteiger partial charge is 0.0583 e. The van der Waals surface area contributed by atoms with E-state index in [1.165, 1.54) is 38.6 Å². The predicted octanol–water partition coefficient (Wildman–Crippen LogP) is 3.36. The van der Waals surface area contributed by atoms with Crippen molar-refractivity contribution in [3.63, 3.8) is 0 Å². The van der Waals surface area contributed by atoms with Crippen molar-refractivity contribution in [3.8, 4) is 0 Å². The molecule has 17 heavy (non-hydrogen) atoms. The normalized spacial score (nSPS) is 31.8. The molecule has 0 aromatic rings. The van der Waals surface area contributed by atoms with E-state index in [2.05, 4.69) is 33.0 Å². The number of ether oxygens (including phenoxy) is 1. The highest BCUT2D eigenvalue weighted by Crippen LogP contribution is 2.34. The Labute approximate surface area is 107 Å². The van der Waals surface area contributed by atoms with E-state index >= 15 is 0 Å². The molecular weight excluding hydrogens is 210 g/mol. The highest BCUT2D eigenvalue weighted by Gasteiger charge is 2.32. The van der Waals surface area contributed by atoms with Crippen LogP contribution in [-0.2, 0) is 4.74 Å². The fourth-order valence-corrected chi connectivity index (χ4v) is 2.72. The number of nitrogens with one attached hydrogen (secondary N) is 1. The molecule has 1 saturated carbocycles. The van der Waals surface area contributed by atoms with Gasteiger partial charge in [0.25, 0.3) is 0 Å². The second-order valence-electron chi connectivity index (χ2n) is 7.13. The molecule has 100 valence electrons. The second-order valence-corrected chi connectivity index (χ2v) is 7.13. The zero-order chi connectivity index (χ0) is 12.5. The van der Waals surface area contributed by atoms with Crippen LogP contribution >= 0.6 is 0 Å². The fourth-order valence-electron chi connectivity index (χ4n) is 2.72. The maximum Gasteiger partial charge on any atom is 0.0583 e. The van der Waals surface area contributed by atoms with E-state index in [-0.39, 0.29) is 0 Å². The van der Waals surface area contributed by atoms with Gasteiger partial charge in [-0.05, 0) is 56.9 Å². The molecule has 3 atom stereocenters. The molecule has 3 unspecified atom stereocenters. The topological polar surface area (TPSA) is 21.3 Å². The molecule has 2 heteroatoms. The molecular formula is C15H29NO. The first-order valence-corrected chi connectivity index (χ1v) is 7.34. The molecule has 0 amide bonds. The average Bonchev–Trinajstić information content (AvgIpc) is 2.95. The Morgan fingerprint density at radius 1 is 1.18 bits per heavy atom. The average molecular weight is 239 g/mol. The highest BCUT2D eigenvalue weighted by atomic mass is 16.5. The first-order chi connectivity index (χ1) is 7.95. The van der Waals surface area contributed by atoms with Crippen molar-refractivity contribution >= 4 is 0 Å². The Kier molecular flexibility index (Phi) is 4.14. The molecule has 2 rings (SSSR count). The van der Waals surface area contributed by atoms with Gasteiger partial charge in [-0.15, -0.1) is 0 Å². The molecule has 1 aliphatic heterocycles. The predicted molar refractivity (Wildman–Crippen MR) is 72.2 cm³/mol. The Morgan fingerprint density at radius 3 is 2.35 bits per heavy atom. The molecule has 1 aliphatic carbocycles. The minimum Gasteiger partial charge on any atom is -0.375 e. The summed E-state index contributed by atoms with van der Waals surface area (Å²) in [6, 6.07) is 0.822. The summed E-state index contributed by atoms with van der Waals surface area (Å²) in [5, 5.41) is 3.69. The van der Waals surface area contributed by atoms with E-state index in [1.54, 1.807) is 0 Å². The summed E-state index contributed by atoms with van der Waals surface area (Å²) >= 11 is 0. The lowest BCUT2D eigenvalue weighted by molar-refractivity contribution is 0.0268.